The molecular weight excluding hydrogens is 328 g/mol. The molecule has 1 aliphatic rings. The van der Waals surface area contributed by atoms with Gasteiger partial charge in [-0.2, -0.15) is 0 Å². The van der Waals surface area contributed by atoms with Gasteiger partial charge in [-0.3, -0.25) is 14.7 Å². The van der Waals surface area contributed by atoms with Crippen molar-refractivity contribution < 1.29 is 9.53 Å². The van der Waals surface area contributed by atoms with Crippen LogP contribution in [0.3, 0.4) is 0 Å². The molecule has 138 valence electrons. The number of hydrogen-bond acceptors (Lipinski definition) is 5. The van der Waals surface area contributed by atoms with Crippen LogP contribution in [0.1, 0.15) is 12.5 Å². The van der Waals surface area contributed by atoms with E-state index in [-0.39, 0.29) is 11.9 Å². The molecule has 1 amide bonds. The summed E-state index contributed by atoms with van der Waals surface area (Å²) >= 11 is 0. The van der Waals surface area contributed by atoms with Crippen molar-refractivity contribution in [1.29, 1.82) is 0 Å². The van der Waals surface area contributed by atoms with Gasteiger partial charge in [0.2, 0.25) is 5.91 Å². The summed E-state index contributed by atoms with van der Waals surface area (Å²) in [6.45, 7) is 6.00. The first-order chi connectivity index (χ1) is 12.7. The van der Waals surface area contributed by atoms with E-state index in [1.54, 1.807) is 19.5 Å². The average molecular weight is 354 g/mol. The standard InChI is InChI=1S/C20H26N4O2/c1-16(20(25)22-15-17-5-4-8-21-14-17)23-9-11-24(12-10-23)18-6-3-7-19(13-18)26-2/h3-8,13-14,16H,9-12,15H2,1-2H3,(H,22,25)/t16-/m1/s1. The molecule has 1 aromatic carbocycles. The summed E-state index contributed by atoms with van der Waals surface area (Å²) in [7, 11) is 1.68. The van der Waals surface area contributed by atoms with Crippen LogP contribution in [0.25, 0.3) is 0 Å². The molecular formula is C20H26N4O2. The fourth-order valence-electron chi connectivity index (χ4n) is 3.18. The summed E-state index contributed by atoms with van der Waals surface area (Å²) in [5.74, 6) is 0.928. The number of piperazine rings is 1. The van der Waals surface area contributed by atoms with Crippen LogP contribution in [0.2, 0.25) is 0 Å². The van der Waals surface area contributed by atoms with Crippen molar-refractivity contribution in [3.63, 3.8) is 0 Å². The molecule has 1 N–H and O–H groups in total. The number of nitrogens with zero attached hydrogens (tertiary/aromatic N) is 3. The average Bonchev–Trinajstić information content (AvgIpc) is 2.72. The summed E-state index contributed by atoms with van der Waals surface area (Å²) in [4.78, 5) is 21.1. The maximum absolute atomic E-state index is 12.4. The van der Waals surface area contributed by atoms with Crippen molar-refractivity contribution in [3.8, 4) is 5.75 Å². The maximum Gasteiger partial charge on any atom is 0.237 e. The Hall–Kier alpha value is -2.60. The Morgan fingerprint density at radius 3 is 2.73 bits per heavy atom. The number of carbonyl (C=O) groups is 1. The number of pyridine rings is 1. The molecule has 0 bridgehead atoms. The number of carbonyl (C=O) groups excluding carboxylic acids is 1. The van der Waals surface area contributed by atoms with Crippen LogP contribution in [-0.4, -0.2) is 55.1 Å². The van der Waals surface area contributed by atoms with Crippen LogP contribution in [0.15, 0.2) is 48.8 Å². The fourth-order valence-corrected chi connectivity index (χ4v) is 3.18. The number of hydrogen-bond donors (Lipinski definition) is 1. The van der Waals surface area contributed by atoms with Crippen LogP contribution >= 0.6 is 0 Å². The molecule has 1 atom stereocenters. The lowest BCUT2D eigenvalue weighted by atomic mass is 10.2. The number of rotatable bonds is 6. The van der Waals surface area contributed by atoms with E-state index >= 15 is 0 Å². The van der Waals surface area contributed by atoms with Crippen molar-refractivity contribution >= 4 is 11.6 Å². The van der Waals surface area contributed by atoms with Crippen molar-refractivity contribution in [2.45, 2.75) is 19.5 Å². The number of anilines is 1. The van der Waals surface area contributed by atoms with E-state index in [0.717, 1.165) is 43.2 Å². The largest absolute Gasteiger partial charge is 0.497 e. The first-order valence-corrected chi connectivity index (χ1v) is 8.97. The lowest BCUT2D eigenvalue weighted by Gasteiger charge is -2.38. The minimum atomic E-state index is -0.140. The third-order valence-electron chi connectivity index (χ3n) is 4.85. The monoisotopic (exact) mass is 354 g/mol. The van der Waals surface area contributed by atoms with Crippen molar-refractivity contribution in [3.05, 3.63) is 54.4 Å². The molecule has 0 saturated carbocycles. The van der Waals surface area contributed by atoms with Gasteiger partial charge in [0.15, 0.2) is 0 Å². The normalized spacial score (nSPS) is 16.2. The second-order valence-corrected chi connectivity index (χ2v) is 6.48. The quantitative estimate of drug-likeness (QED) is 0.859. The Kier molecular flexibility index (Phi) is 6.07. The zero-order valence-corrected chi connectivity index (χ0v) is 15.4. The van der Waals surface area contributed by atoms with Gasteiger partial charge in [-0.15, -0.1) is 0 Å². The number of aromatic nitrogens is 1. The lowest BCUT2D eigenvalue weighted by Crippen LogP contribution is -2.53. The smallest absolute Gasteiger partial charge is 0.237 e. The number of benzene rings is 1. The van der Waals surface area contributed by atoms with E-state index in [1.165, 1.54) is 0 Å². The summed E-state index contributed by atoms with van der Waals surface area (Å²) in [6, 6.07) is 11.8. The molecule has 2 heterocycles. The highest BCUT2D eigenvalue weighted by atomic mass is 16.5. The topological polar surface area (TPSA) is 57.7 Å². The van der Waals surface area contributed by atoms with Gasteiger partial charge >= 0.3 is 0 Å². The van der Waals surface area contributed by atoms with Gasteiger partial charge in [-0.1, -0.05) is 12.1 Å². The SMILES string of the molecule is COc1cccc(N2CCN([C@H](C)C(=O)NCc3cccnc3)CC2)c1. The van der Waals surface area contributed by atoms with Crippen LogP contribution in [0, 0.1) is 0 Å². The summed E-state index contributed by atoms with van der Waals surface area (Å²) in [5.41, 5.74) is 2.17. The van der Waals surface area contributed by atoms with E-state index in [0.29, 0.717) is 6.54 Å². The minimum Gasteiger partial charge on any atom is -0.497 e. The minimum absolute atomic E-state index is 0.0590. The molecule has 26 heavy (non-hydrogen) atoms. The van der Waals surface area contributed by atoms with Gasteiger partial charge in [0.1, 0.15) is 5.75 Å². The first-order valence-electron chi connectivity index (χ1n) is 8.97. The van der Waals surface area contributed by atoms with Crippen molar-refractivity contribution in [2.24, 2.45) is 0 Å². The second-order valence-electron chi connectivity index (χ2n) is 6.48. The lowest BCUT2D eigenvalue weighted by molar-refractivity contribution is -0.126. The number of methoxy groups -OCH3 is 1. The Bertz CT molecular complexity index is 715. The molecule has 6 nitrogen and oxygen atoms in total. The predicted octanol–water partition coefficient (Wildman–Crippen LogP) is 1.92. The molecule has 0 aliphatic carbocycles. The molecule has 0 radical (unpaired) electrons. The third-order valence-corrected chi connectivity index (χ3v) is 4.85. The molecule has 3 rings (SSSR count). The maximum atomic E-state index is 12.4. The van der Waals surface area contributed by atoms with Crippen LogP contribution in [-0.2, 0) is 11.3 Å². The van der Waals surface area contributed by atoms with E-state index in [2.05, 4.69) is 32.2 Å². The summed E-state index contributed by atoms with van der Waals surface area (Å²) in [6.07, 6.45) is 3.51. The fraction of sp³-hybridized carbons (Fsp3) is 0.400. The van der Waals surface area contributed by atoms with Crippen LogP contribution in [0.4, 0.5) is 5.69 Å². The Labute approximate surface area is 154 Å². The van der Waals surface area contributed by atoms with E-state index < -0.39 is 0 Å². The second kappa shape index (κ2) is 8.67. The van der Waals surface area contributed by atoms with Crippen molar-refractivity contribution in [1.82, 2.24) is 15.2 Å². The molecule has 1 saturated heterocycles. The molecule has 0 unspecified atom stereocenters. The molecule has 6 heteroatoms. The van der Waals surface area contributed by atoms with E-state index in [9.17, 15) is 4.79 Å². The zero-order chi connectivity index (χ0) is 18.4. The third kappa shape index (κ3) is 4.52. The first kappa shape index (κ1) is 18.2. The molecule has 2 aromatic rings. The van der Waals surface area contributed by atoms with Crippen LogP contribution in [0.5, 0.6) is 5.75 Å². The van der Waals surface area contributed by atoms with E-state index in [4.69, 9.17) is 4.74 Å². The van der Waals surface area contributed by atoms with Gasteiger partial charge in [0.25, 0.3) is 0 Å². The highest BCUT2D eigenvalue weighted by Crippen LogP contribution is 2.22. The molecule has 0 spiro atoms. The highest BCUT2D eigenvalue weighted by Gasteiger charge is 2.25. The summed E-state index contributed by atoms with van der Waals surface area (Å²) in [5, 5.41) is 3.00. The Morgan fingerprint density at radius 2 is 2.04 bits per heavy atom. The summed E-state index contributed by atoms with van der Waals surface area (Å²) < 4.78 is 5.31. The highest BCUT2D eigenvalue weighted by molar-refractivity contribution is 5.81. The molecule has 1 fully saturated rings. The predicted molar refractivity (Wildman–Crippen MR) is 102 cm³/mol. The van der Waals surface area contributed by atoms with E-state index in [1.807, 2.05) is 31.2 Å². The number of ether oxygens (including phenoxy) is 1. The number of amides is 1. The van der Waals surface area contributed by atoms with Gasteiger partial charge in [-0.25, -0.2) is 0 Å². The molecule has 1 aliphatic heterocycles. The van der Waals surface area contributed by atoms with Gasteiger partial charge < -0.3 is 15.0 Å². The number of nitrogens with one attached hydrogen (secondary N) is 1. The molecule has 1 aromatic heterocycles. The zero-order valence-electron chi connectivity index (χ0n) is 15.4. The van der Waals surface area contributed by atoms with Gasteiger partial charge in [0.05, 0.1) is 13.2 Å². The van der Waals surface area contributed by atoms with Gasteiger partial charge in [0, 0.05) is 56.9 Å². The Morgan fingerprint density at radius 1 is 1.23 bits per heavy atom. The Balaban J connectivity index is 1.49. The van der Waals surface area contributed by atoms with Gasteiger partial charge in [-0.05, 0) is 30.7 Å². The van der Waals surface area contributed by atoms with Crippen molar-refractivity contribution in [2.75, 3.05) is 38.2 Å². The van der Waals surface area contributed by atoms with Crippen LogP contribution < -0.4 is 15.0 Å².